The van der Waals surface area contributed by atoms with Crippen molar-refractivity contribution >= 4 is 0 Å². The third-order valence-electron chi connectivity index (χ3n) is 4.06. The molecule has 0 N–H and O–H groups in total. The van der Waals surface area contributed by atoms with Gasteiger partial charge in [0, 0.05) is 0 Å². The number of hydrogen-bond donors (Lipinski definition) is 0. The lowest BCUT2D eigenvalue weighted by Crippen LogP contribution is -2.33. The first-order valence-electron chi connectivity index (χ1n) is 5.39. The van der Waals surface area contributed by atoms with Gasteiger partial charge in [0.25, 0.3) is 0 Å². The van der Waals surface area contributed by atoms with E-state index in [-0.39, 0.29) is 0 Å². The number of allylic oxidation sites excluding steroid dienone is 2. The van der Waals surface area contributed by atoms with E-state index in [2.05, 4.69) is 19.9 Å². The first-order valence-corrected chi connectivity index (χ1v) is 5.39. The first-order chi connectivity index (χ1) is 5.72. The van der Waals surface area contributed by atoms with Crippen molar-refractivity contribution in [2.45, 2.75) is 52.4 Å². The summed E-state index contributed by atoms with van der Waals surface area (Å²) >= 11 is 0. The number of hydrogen-bond acceptors (Lipinski definition) is 0. The zero-order chi connectivity index (χ0) is 8.60. The van der Waals surface area contributed by atoms with Gasteiger partial charge in [0.1, 0.15) is 0 Å². The molecule has 2 aliphatic carbocycles. The number of fused-ring (bicyclic) bond motifs is 1. The Hall–Kier alpha value is -0.260. The van der Waals surface area contributed by atoms with Crippen LogP contribution in [0.2, 0.25) is 0 Å². The van der Waals surface area contributed by atoms with E-state index in [4.69, 9.17) is 0 Å². The molecule has 0 heteroatoms. The Kier molecular flexibility index (Phi) is 2.02. The molecule has 12 heavy (non-hydrogen) atoms. The average molecular weight is 164 g/mol. The van der Waals surface area contributed by atoms with Crippen molar-refractivity contribution in [3.63, 3.8) is 0 Å². The predicted molar refractivity (Wildman–Crippen MR) is 53.1 cm³/mol. The Labute approximate surface area is 76.1 Å². The fourth-order valence-corrected chi connectivity index (χ4v) is 3.25. The molecule has 1 fully saturated rings. The lowest BCUT2D eigenvalue weighted by atomic mass is 9.60. The highest BCUT2D eigenvalue weighted by atomic mass is 14.4. The van der Waals surface area contributed by atoms with Crippen LogP contribution in [0.1, 0.15) is 52.4 Å². The van der Waals surface area contributed by atoms with Crippen LogP contribution in [0, 0.1) is 11.3 Å². The van der Waals surface area contributed by atoms with Crippen molar-refractivity contribution in [2.75, 3.05) is 0 Å². The van der Waals surface area contributed by atoms with Crippen molar-refractivity contribution in [2.24, 2.45) is 11.3 Å². The Morgan fingerprint density at radius 1 is 1.33 bits per heavy atom. The standard InChI is InChI=1S/C12H20/c1-10-6-5-9-12(2)8-4-3-7-11(10)12/h6,11H,3-5,7-9H2,1-2H3/t11-,12-/m1/s1. The fourth-order valence-electron chi connectivity index (χ4n) is 3.25. The maximum absolute atomic E-state index is 2.51. The summed E-state index contributed by atoms with van der Waals surface area (Å²) in [6, 6.07) is 0. The van der Waals surface area contributed by atoms with E-state index in [0.29, 0.717) is 5.41 Å². The Morgan fingerprint density at radius 3 is 2.92 bits per heavy atom. The summed E-state index contributed by atoms with van der Waals surface area (Å²) < 4.78 is 0. The molecule has 0 nitrogen and oxygen atoms in total. The molecule has 0 unspecified atom stereocenters. The average Bonchev–Trinajstić information content (AvgIpc) is 2.04. The van der Waals surface area contributed by atoms with Gasteiger partial charge >= 0.3 is 0 Å². The summed E-state index contributed by atoms with van der Waals surface area (Å²) in [5, 5.41) is 0. The highest BCUT2D eigenvalue weighted by Crippen LogP contribution is 2.50. The third kappa shape index (κ3) is 1.22. The summed E-state index contributed by atoms with van der Waals surface area (Å²) in [5.41, 5.74) is 2.36. The van der Waals surface area contributed by atoms with Crippen LogP contribution in [0.25, 0.3) is 0 Å². The van der Waals surface area contributed by atoms with Gasteiger partial charge in [0.05, 0.1) is 0 Å². The summed E-state index contributed by atoms with van der Waals surface area (Å²) in [6.07, 6.45) is 11.1. The molecular formula is C12H20. The van der Waals surface area contributed by atoms with Crippen LogP contribution in [-0.4, -0.2) is 0 Å². The Morgan fingerprint density at radius 2 is 2.17 bits per heavy atom. The summed E-state index contributed by atoms with van der Waals surface area (Å²) in [7, 11) is 0. The molecule has 0 saturated heterocycles. The molecule has 0 spiro atoms. The second-order valence-corrected chi connectivity index (χ2v) is 4.94. The lowest BCUT2D eigenvalue weighted by molar-refractivity contribution is 0.122. The molecule has 0 bridgehead atoms. The van der Waals surface area contributed by atoms with Gasteiger partial charge < -0.3 is 0 Å². The predicted octanol–water partition coefficient (Wildman–Crippen LogP) is 3.92. The van der Waals surface area contributed by atoms with Gasteiger partial charge in [-0.05, 0) is 43.9 Å². The van der Waals surface area contributed by atoms with Crippen molar-refractivity contribution in [3.8, 4) is 0 Å². The van der Waals surface area contributed by atoms with E-state index in [9.17, 15) is 0 Å². The zero-order valence-corrected chi connectivity index (χ0v) is 8.40. The first kappa shape index (κ1) is 8.34. The minimum Gasteiger partial charge on any atom is -0.0853 e. The molecule has 0 aromatic heterocycles. The molecule has 0 heterocycles. The monoisotopic (exact) mass is 164 g/mol. The normalized spacial score (nSPS) is 41.8. The third-order valence-corrected chi connectivity index (χ3v) is 4.06. The van der Waals surface area contributed by atoms with Crippen LogP contribution in [0.3, 0.4) is 0 Å². The van der Waals surface area contributed by atoms with Gasteiger partial charge in [0.15, 0.2) is 0 Å². The minimum atomic E-state index is 0.678. The van der Waals surface area contributed by atoms with E-state index in [1.54, 1.807) is 5.57 Å². The van der Waals surface area contributed by atoms with Gasteiger partial charge in [-0.3, -0.25) is 0 Å². The largest absolute Gasteiger partial charge is 0.0853 e. The van der Waals surface area contributed by atoms with Crippen LogP contribution < -0.4 is 0 Å². The summed E-state index contributed by atoms with van der Waals surface area (Å²) in [6.45, 7) is 4.85. The van der Waals surface area contributed by atoms with Crippen molar-refractivity contribution < 1.29 is 0 Å². The molecular weight excluding hydrogens is 144 g/mol. The van der Waals surface area contributed by atoms with Gasteiger partial charge in [-0.1, -0.05) is 31.4 Å². The molecule has 0 aromatic carbocycles. The molecule has 2 aliphatic rings. The summed E-state index contributed by atoms with van der Waals surface area (Å²) in [5.74, 6) is 0.931. The van der Waals surface area contributed by atoms with Gasteiger partial charge in [-0.15, -0.1) is 0 Å². The molecule has 68 valence electrons. The van der Waals surface area contributed by atoms with E-state index in [1.165, 1.54) is 38.5 Å². The number of rotatable bonds is 0. The van der Waals surface area contributed by atoms with Crippen molar-refractivity contribution in [3.05, 3.63) is 11.6 Å². The minimum absolute atomic E-state index is 0.678. The van der Waals surface area contributed by atoms with Crippen LogP contribution in [0.15, 0.2) is 11.6 Å². The maximum Gasteiger partial charge on any atom is -0.0152 e. The molecule has 0 aromatic rings. The van der Waals surface area contributed by atoms with E-state index >= 15 is 0 Å². The molecule has 0 amide bonds. The van der Waals surface area contributed by atoms with E-state index in [1.807, 2.05) is 0 Å². The van der Waals surface area contributed by atoms with Gasteiger partial charge in [-0.2, -0.15) is 0 Å². The molecule has 2 rings (SSSR count). The smallest absolute Gasteiger partial charge is 0.0152 e. The fraction of sp³-hybridized carbons (Fsp3) is 0.833. The van der Waals surface area contributed by atoms with Gasteiger partial charge in [0.2, 0.25) is 0 Å². The topological polar surface area (TPSA) is 0 Å². The van der Waals surface area contributed by atoms with Crippen LogP contribution in [0.5, 0.6) is 0 Å². The van der Waals surface area contributed by atoms with E-state index < -0.39 is 0 Å². The van der Waals surface area contributed by atoms with Crippen LogP contribution in [0.4, 0.5) is 0 Å². The molecule has 0 aliphatic heterocycles. The molecule has 2 atom stereocenters. The maximum atomic E-state index is 2.51. The molecule has 1 saturated carbocycles. The summed E-state index contributed by atoms with van der Waals surface area (Å²) in [4.78, 5) is 0. The second-order valence-electron chi connectivity index (χ2n) is 4.94. The Balaban J connectivity index is 2.23. The second kappa shape index (κ2) is 2.90. The highest BCUT2D eigenvalue weighted by Gasteiger charge is 2.38. The Bertz CT molecular complexity index is 202. The van der Waals surface area contributed by atoms with Gasteiger partial charge in [-0.25, -0.2) is 0 Å². The zero-order valence-electron chi connectivity index (χ0n) is 8.40. The SMILES string of the molecule is CC1=CCC[C@@]2(C)CCCC[C@H]12. The van der Waals surface area contributed by atoms with Crippen molar-refractivity contribution in [1.82, 2.24) is 0 Å². The van der Waals surface area contributed by atoms with Crippen molar-refractivity contribution in [1.29, 1.82) is 0 Å². The quantitative estimate of drug-likeness (QED) is 0.476. The van der Waals surface area contributed by atoms with E-state index in [0.717, 1.165) is 5.92 Å². The lowest BCUT2D eigenvalue weighted by Gasteiger charge is -2.45. The van der Waals surface area contributed by atoms with Crippen LogP contribution >= 0.6 is 0 Å². The molecule has 0 radical (unpaired) electrons. The highest BCUT2D eigenvalue weighted by molar-refractivity contribution is 5.13. The van der Waals surface area contributed by atoms with Crippen LogP contribution in [-0.2, 0) is 0 Å².